The molecule has 9 heteroatoms. The Balaban J connectivity index is 1.89. The van der Waals surface area contributed by atoms with Gasteiger partial charge in [0.05, 0.1) is 37.2 Å². The van der Waals surface area contributed by atoms with E-state index in [1.807, 2.05) is 27.4 Å². The minimum absolute atomic E-state index is 0.181. The summed E-state index contributed by atoms with van der Waals surface area (Å²) >= 11 is 0. The fourth-order valence-corrected chi connectivity index (χ4v) is 4.53. The number of carbonyl (C=O) groups is 1. The fourth-order valence-electron chi connectivity index (χ4n) is 4.53. The Morgan fingerprint density at radius 3 is 2.73 bits per heavy atom. The van der Waals surface area contributed by atoms with Crippen LogP contribution >= 0.6 is 0 Å². The highest BCUT2D eigenvalue weighted by molar-refractivity contribution is 5.96. The highest BCUT2D eigenvalue weighted by Crippen LogP contribution is 2.43. The Morgan fingerprint density at radius 2 is 2.03 bits per heavy atom. The predicted octanol–water partition coefficient (Wildman–Crippen LogP) is 3.21. The van der Waals surface area contributed by atoms with Gasteiger partial charge in [-0.1, -0.05) is 26.0 Å². The van der Waals surface area contributed by atoms with Crippen molar-refractivity contribution in [2.45, 2.75) is 32.9 Å². The number of hydrogen-bond acceptors (Lipinski definition) is 6. The minimum atomic E-state index is -1.24. The van der Waals surface area contributed by atoms with Crippen molar-refractivity contribution in [3.63, 3.8) is 0 Å². The number of aromatic carboxylic acids is 1. The maximum absolute atomic E-state index is 12.7. The topological polar surface area (TPSA) is 105 Å². The lowest BCUT2D eigenvalue weighted by molar-refractivity contribution is 0.0530. The molecule has 1 N–H and O–H groups in total. The first-order chi connectivity index (χ1) is 15.8. The molecule has 0 spiro atoms. The second kappa shape index (κ2) is 8.99. The van der Waals surface area contributed by atoms with Gasteiger partial charge in [-0.05, 0) is 6.07 Å². The molecule has 0 aliphatic carbocycles. The molecule has 1 atom stereocenters. The molecule has 33 heavy (non-hydrogen) atoms. The van der Waals surface area contributed by atoms with Crippen LogP contribution in [0, 0.1) is 5.41 Å². The SMILES string of the molecule is COCCCOc1cccc2c3n(nc12)C[C@@H](C(C)(C)COC)n1cc(C(=O)O)c(=O)cc1-3. The molecule has 0 saturated carbocycles. The number of fused-ring (bicyclic) bond motifs is 5. The lowest BCUT2D eigenvalue weighted by Gasteiger charge is -2.40. The van der Waals surface area contributed by atoms with Gasteiger partial charge in [0.25, 0.3) is 0 Å². The third-order valence-corrected chi connectivity index (χ3v) is 6.14. The van der Waals surface area contributed by atoms with Crippen molar-refractivity contribution in [1.82, 2.24) is 14.3 Å². The second-order valence-electron chi connectivity index (χ2n) is 8.96. The summed E-state index contributed by atoms with van der Waals surface area (Å²) in [6.45, 7) is 6.17. The monoisotopic (exact) mass is 455 g/mol. The standard InChI is InChI=1S/C24H29N3O6/c1-24(2,14-32-4)20-13-27-22(17-11-18(28)16(23(29)30)12-26(17)20)15-7-5-8-19(21(15)25-27)33-10-6-9-31-3/h5,7-8,11-12,20H,6,9-10,13-14H2,1-4H3,(H,29,30)/t20-/m0/s1. The van der Waals surface area contributed by atoms with Crippen LogP contribution in [0.25, 0.3) is 22.3 Å². The summed E-state index contributed by atoms with van der Waals surface area (Å²) in [5.41, 5.74) is 0.957. The van der Waals surface area contributed by atoms with Crippen LogP contribution in [0.3, 0.4) is 0 Å². The summed E-state index contributed by atoms with van der Waals surface area (Å²) in [5, 5.41) is 15.3. The molecule has 3 aromatic rings. The average molecular weight is 456 g/mol. The Hall–Kier alpha value is -3.17. The summed E-state index contributed by atoms with van der Waals surface area (Å²) in [6.07, 6.45) is 2.21. The van der Waals surface area contributed by atoms with Crippen molar-refractivity contribution in [1.29, 1.82) is 0 Å². The van der Waals surface area contributed by atoms with Crippen molar-refractivity contribution in [2.24, 2.45) is 5.41 Å². The Kier molecular flexibility index (Phi) is 6.27. The van der Waals surface area contributed by atoms with Crippen molar-refractivity contribution in [3.8, 4) is 17.1 Å². The minimum Gasteiger partial charge on any atom is -0.491 e. The van der Waals surface area contributed by atoms with Gasteiger partial charge in [0.2, 0.25) is 0 Å². The molecule has 1 aromatic carbocycles. The number of pyridine rings is 1. The van der Waals surface area contributed by atoms with E-state index in [1.54, 1.807) is 14.2 Å². The van der Waals surface area contributed by atoms with E-state index in [-0.39, 0.29) is 17.0 Å². The zero-order valence-electron chi connectivity index (χ0n) is 19.3. The summed E-state index contributed by atoms with van der Waals surface area (Å²) in [5.74, 6) is -0.580. The third-order valence-electron chi connectivity index (χ3n) is 6.14. The molecule has 1 aliphatic heterocycles. The summed E-state index contributed by atoms with van der Waals surface area (Å²) < 4.78 is 20.3. The van der Waals surface area contributed by atoms with Crippen LogP contribution < -0.4 is 10.2 Å². The van der Waals surface area contributed by atoms with Crippen LogP contribution in [0.5, 0.6) is 5.75 Å². The van der Waals surface area contributed by atoms with E-state index >= 15 is 0 Å². The Bertz CT molecular complexity index is 1240. The number of methoxy groups -OCH3 is 2. The molecule has 9 nitrogen and oxygen atoms in total. The number of nitrogens with zero attached hydrogens (tertiary/aromatic N) is 3. The van der Waals surface area contributed by atoms with Gasteiger partial charge < -0.3 is 23.9 Å². The molecule has 4 rings (SSSR count). The van der Waals surface area contributed by atoms with Gasteiger partial charge in [0, 0.05) is 50.3 Å². The number of hydrogen-bond donors (Lipinski definition) is 1. The van der Waals surface area contributed by atoms with Gasteiger partial charge >= 0.3 is 5.97 Å². The Morgan fingerprint density at radius 1 is 1.24 bits per heavy atom. The van der Waals surface area contributed by atoms with E-state index in [0.29, 0.717) is 43.3 Å². The van der Waals surface area contributed by atoms with Gasteiger partial charge in [0.1, 0.15) is 16.8 Å². The van der Waals surface area contributed by atoms with Gasteiger partial charge in [0.15, 0.2) is 5.43 Å². The molecule has 0 amide bonds. The summed E-state index contributed by atoms with van der Waals surface area (Å²) in [4.78, 5) is 24.4. The first kappa shape index (κ1) is 23.0. The molecule has 1 aliphatic rings. The Labute approximate surface area is 191 Å². The van der Waals surface area contributed by atoms with Crippen LogP contribution in [0.15, 0.2) is 35.3 Å². The lowest BCUT2D eigenvalue weighted by atomic mass is 9.83. The molecule has 0 fully saturated rings. The summed E-state index contributed by atoms with van der Waals surface area (Å²) in [7, 11) is 3.29. The van der Waals surface area contributed by atoms with E-state index in [4.69, 9.17) is 19.3 Å². The molecule has 3 heterocycles. The third kappa shape index (κ3) is 4.14. The number of aromatic nitrogens is 3. The number of ether oxygens (including phenoxy) is 3. The van der Waals surface area contributed by atoms with Crippen molar-refractivity contribution in [3.05, 3.63) is 46.2 Å². The zero-order valence-corrected chi connectivity index (χ0v) is 19.3. The zero-order chi connectivity index (χ0) is 23.8. The highest BCUT2D eigenvalue weighted by atomic mass is 16.5. The smallest absolute Gasteiger partial charge is 0.341 e. The number of carboxylic acids is 1. The van der Waals surface area contributed by atoms with E-state index in [2.05, 4.69) is 13.8 Å². The van der Waals surface area contributed by atoms with E-state index < -0.39 is 11.4 Å². The molecule has 0 bridgehead atoms. The van der Waals surface area contributed by atoms with Crippen molar-refractivity contribution in [2.75, 3.05) is 34.0 Å². The van der Waals surface area contributed by atoms with E-state index in [1.165, 1.54) is 12.3 Å². The van der Waals surface area contributed by atoms with Gasteiger partial charge in [-0.15, -0.1) is 0 Å². The quantitative estimate of drug-likeness (QED) is 0.494. The van der Waals surface area contributed by atoms with Crippen LogP contribution in [-0.2, 0) is 16.0 Å². The predicted molar refractivity (Wildman–Crippen MR) is 123 cm³/mol. The largest absolute Gasteiger partial charge is 0.491 e. The molecule has 176 valence electrons. The highest BCUT2D eigenvalue weighted by Gasteiger charge is 2.38. The van der Waals surface area contributed by atoms with Gasteiger partial charge in [-0.25, -0.2) is 4.79 Å². The van der Waals surface area contributed by atoms with Gasteiger partial charge in [-0.3, -0.25) is 9.48 Å². The maximum Gasteiger partial charge on any atom is 0.341 e. The molecular formula is C24H29N3O6. The number of rotatable bonds is 9. The fraction of sp³-hybridized carbons (Fsp3) is 0.458. The van der Waals surface area contributed by atoms with E-state index in [9.17, 15) is 14.7 Å². The van der Waals surface area contributed by atoms with Gasteiger partial charge in [-0.2, -0.15) is 5.10 Å². The molecule has 0 unspecified atom stereocenters. The summed E-state index contributed by atoms with van der Waals surface area (Å²) in [6, 6.07) is 6.93. The molecule has 2 aromatic heterocycles. The normalized spacial score (nSPS) is 15.3. The van der Waals surface area contributed by atoms with Crippen LogP contribution in [0.2, 0.25) is 0 Å². The molecular weight excluding hydrogens is 426 g/mol. The van der Waals surface area contributed by atoms with Crippen LogP contribution in [-0.4, -0.2) is 59.5 Å². The maximum atomic E-state index is 12.7. The first-order valence-corrected chi connectivity index (χ1v) is 10.9. The second-order valence-corrected chi connectivity index (χ2v) is 8.96. The van der Waals surface area contributed by atoms with Crippen LogP contribution in [0.1, 0.15) is 36.7 Å². The van der Waals surface area contributed by atoms with Crippen molar-refractivity contribution >= 4 is 16.9 Å². The molecule has 0 saturated heterocycles. The van der Waals surface area contributed by atoms with Crippen LogP contribution in [0.4, 0.5) is 0 Å². The number of benzene rings is 1. The number of carboxylic acid groups (broad SMARTS) is 1. The van der Waals surface area contributed by atoms with Crippen molar-refractivity contribution < 1.29 is 24.1 Å². The lowest BCUT2D eigenvalue weighted by Crippen LogP contribution is -2.39. The molecule has 0 radical (unpaired) electrons. The average Bonchev–Trinajstić information content (AvgIpc) is 3.15. The van der Waals surface area contributed by atoms with E-state index in [0.717, 1.165) is 17.5 Å². The first-order valence-electron chi connectivity index (χ1n) is 10.9.